The molecule has 1 heterocycles. The van der Waals surface area contributed by atoms with E-state index in [1.807, 2.05) is 0 Å². The van der Waals surface area contributed by atoms with Crippen molar-refractivity contribution in [2.75, 3.05) is 13.2 Å². The molecule has 0 aromatic rings. The summed E-state index contributed by atoms with van der Waals surface area (Å²) in [5, 5.41) is 0. The van der Waals surface area contributed by atoms with Gasteiger partial charge >= 0.3 is 5.92 Å². The van der Waals surface area contributed by atoms with E-state index in [-0.39, 0.29) is 13.2 Å². The normalized spacial score (nSPS) is 25.8. The standard InChI is InChI=1S/C6H8ClF3O2/c1-5(11-2-3-12-5)6(9,10)4(7)8/h4H,2-3H2,1H3. The molecule has 0 aromatic heterocycles. The summed E-state index contributed by atoms with van der Waals surface area (Å²) in [4.78, 5) is 0. The van der Waals surface area contributed by atoms with E-state index in [4.69, 9.17) is 0 Å². The van der Waals surface area contributed by atoms with Gasteiger partial charge < -0.3 is 9.47 Å². The predicted molar refractivity (Wildman–Crippen MR) is 36.0 cm³/mol. The van der Waals surface area contributed by atoms with Gasteiger partial charge in [-0.15, -0.1) is 0 Å². The highest BCUT2D eigenvalue weighted by atomic mass is 35.5. The lowest BCUT2D eigenvalue weighted by Gasteiger charge is -2.31. The molecular formula is C6H8ClF3O2. The van der Waals surface area contributed by atoms with Gasteiger partial charge in [0.25, 0.3) is 0 Å². The summed E-state index contributed by atoms with van der Waals surface area (Å²) in [6.07, 6.45) is 0. The maximum Gasteiger partial charge on any atom is 0.344 e. The second-order valence-electron chi connectivity index (χ2n) is 2.57. The van der Waals surface area contributed by atoms with Crippen LogP contribution in [0.2, 0.25) is 0 Å². The van der Waals surface area contributed by atoms with E-state index < -0.39 is 17.3 Å². The Morgan fingerprint density at radius 1 is 1.42 bits per heavy atom. The average molecular weight is 205 g/mol. The van der Waals surface area contributed by atoms with Crippen LogP contribution in [0.4, 0.5) is 13.2 Å². The second-order valence-corrected chi connectivity index (χ2v) is 2.95. The molecule has 1 fully saturated rings. The molecule has 2 nitrogen and oxygen atoms in total. The van der Waals surface area contributed by atoms with Gasteiger partial charge in [0.05, 0.1) is 13.2 Å². The van der Waals surface area contributed by atoms with Crippen molar-refractivity contribution in [1.29, 1.82) is 0 Å². The molecule has 0 saturated carbocycles. The molecule has 0 aromatic carbocycles. The third-order valence-corrected chi connectivity index (χ3v) is 1.99. The molecule has 0 radical (unpaired) electrons. The molecule has 0 spiro atoms. The topological polar surface area (TPSA) is 18.5 Å². The monoisotopic (exact) mass is 204 g/mol. The van der Waals surface area contributed by atoms with Gasteiger partial charge in [-0.1, -0.05) is 11.6 Å². The molecule has 12 heavy (non-hydrogen) atoms. The van der Waals surface area contributed by atoms with Gasteiger partial charge in [-0.05, 0) is 6.92 Å². The van der Waals surface area contributed by atoms with Crippen molar-refractivity contribution in [2.45, 2.75) is 24.3 Å². The first-order valence-electron chi connectivity index (χ1n) is 3.34. The summed E-state index contributed by atoms with van der Waals surface area (Å²) in [5.41, 5.74) is -2.81. The summed E-state index contributed by atoms with van der Waals surface area (Å²) in [5.74, 6) is -6.06. The van der Waals surface area contributed by atoms with Crippen LogP contribution in [-0.2, 0) is 9.47 Å². The van der Waals surface area contributed by atoms with Crippen molar-refractivity contribution < 1.29 is 22.6 Å². The third kappa shape index (κ3) is 1.41. The summed E-state index contributed by atoms with van der Waals surface area (Å²) in [7, 11) is 0. The van der Waals surface area contributed by atoms with Gasteiger partial charge in [0.2, 0.25) is 11.4 Å². The largest absolute Gasteiger partial charge is 0.344 e. The highest BCUT2D eigenvalue weighted by molar-refractivity contribution is 6.20. The quantitative estimate of drug-likeness (QED) is 0.640. The molecule has 1 aliphatic rings. The summed E-state index contributed by atoms with van der Waals surface area (Å²) in [6.45, 7) is 1.01. The number of rotatable bonds is 2. The molecule has 6 heteroatoms. The molecule has 1 atom stereocenters. The van der Waals surface area contributed by atoms with Gasteiger partial charge in [0.15, 0.2) is 0 Å². The zero-order chi connectivity index (χ0) is 9.41. The van der Waals surface area contributed by atoms with Crippen LogP contribution in [0.15, 0.2) is 0 Å². The summed E-state index contributed by atoms with van der Waals surface area (Å²) < 4.78 is 47.1. The van der Waals surface area contributed by atoms with Crippen molar-refractivity contribution in [2.24, 2.45) is 0 Å². The van der Waals surface area contributed by atoms with Gasteiger partial charge in [-0.2, -0.15) is 8.78 Å². The molecule has 1 saturated heterocycles. The van der Waals surface area contributed by atoms with E-state index in [0.717, 1.165) is 6.92 Å². The van der Waals surface area contributed by atoms with Crippen molar-refractivity contribution in [1.82, 2.24) is 0 Å². The maximum atomic E-state index is 12.9. The number of ether oxygens (including phenoxy) is 2. The van der Waals surface area contributed by atoms with E-state index in [1.54, 1.807) is 0 Å². The Kier molecular flexibility index (Phi) is 2.56. The van der Waals surface area contributed by atoms with Crippen molar-refractivity contribution >= 4 is 11.6 Å². The van der Waals surface area contributed by atoms with Crippen LogP contribution in [0.1, 0.15) is 6.92 Å². The molecule has 1 rings (SSSR count). The minimum absolute atomic E-state index is 0.0235. The summed E-state index contributed by atoms with van der Waals surface area (Å²) in [6, 6.07) is 0. The Bertz CT molecular complexity index is 165. The van der Waals surface area contributed by atoms with Crippen molar-refractivity contribution in [3.8, 4) is 0 Å². The molecule has 0 amide bonds. The van der Waals surface area contributed by atoms with Crippen LogP contribution in [0.5, 0.6) is 0 Å². The van der Waals surface area contributed by atoms with E-state index in [1.165, 1.54) is 0 Å². The van der Waals surface area contributed by atoms with Crippen LogP contribution in [0, 0.1) is 0 Å². The van der Waals surface area contributed by atoms with Gasteiger partial charge in [0.1, 0.15) is 0 Å². The smallest absolute Gasteiger partial charge is 0.343 e. The van der Waals surface area contributed by atoms with Gasteiger partial charge in [-0.3, -0.25) is 0 Å². The lowest BCUT2D eigenvalue weighted by molar-refractivity contribution is -0.289. The fraction of sp³-hybridized carbons (Fsp3) is 1.00. The van der Waals surface area contributed by atoms with E-state index in [0.29, 0.717) is 0 Å². The Hall–Kier alpha value is -0.0000000000000000416. The Balaban J connectivity index is 2.78. The fourth-order valence-corrected chi connectivity index (χ4v) is 1.10. The Morgan fingerprint density at radius 3 is 2.17 bits per heavy atom. The molecule has 1 unspecified atom stereocenters. The van der Waals surface area contributed by atoms with E-state index >= 15 is 0 Å². The molecule has 0 N–H and O–H groups in total. The molecule has 72 valence electrons. The van der Waals surface area contributed by atoms with Gasteiger partial charge in [0, 0.05) is 0 Å². The van der Waals surface area contributed by atoms with Crippen molar-refractivity contribution in [3.63, 3.8) is 0 Å². The van der Waals surface area contributed by atoms with Crippen LogP contribution < -0.4 is 0 Å². The zero-order valence-corrected chi connectivity index (χ0v) is 7.08. The third-order valence-electron chi connectivity index (χ3n) is 1.72. The number of hydrogen-bond acceptors (Lipinski definition) is 2. The van der Waals surface area contributed by atoms with Crippen LogP contribution in [0.25, 0.3) is 0 Å². The molecule has 0 aliphatic carbocycles. The molecular weight excluding hydrogens is 197 g/mol. The number of hydrogen-bond donors (Lipinski definition) is 0. The minimum Gasteiger partial charge on any atom is -0.343 e. The Labute approximate surface area is 72.6 Å². The zero-order valence-electron chi connectivity index (χ0n) is 6.32. The Morgan fingerprint density at radius 2 is 1.83 bits per heavy atom. The predicted octanol–water partition coefficient (Wildman–Crippen LogP) is 1.92. The van der Waals surface area contributed by atoms with Crippen LogP contribution in [0.3, 0.4) is 0 Å². The lowest BCUT2D eigenvalue weighted by Crippen LogP contribution is -2.51. The summed E-state index contributed by atoms with van der Waals surface area (Å²) >= 11 is 4.66. The van der Waals surface area contributed by atoms with Gasteiger partial charge in [-0.25, -0.2) is 4.39 Å². The first-order valence-corrected chi connectivity index (χ1v) is 3.78. The first-order chi connectivity index (χ1) is 5.40. The first kappa shape index (κ1) is 10.1. The van der Waals surface area contributed by atoms with E-state index in [2.05, 4.69) is 21.1 Å². The van der Waals surface area contributed by atoms with E-state index in [9.17, 15) is 13.2 Å². The second kappa shape index (κ2) is 3.05. The van der Waals surface area contributed by atoms with Crippen LogP contribution >= 0.6 is 11.6 Å². The SMILES string of the molecule is CC1(C(F)(F)C(F)Cl)OCCO1. The fourth-order valence-electron chi connectivity index (χ4n) is 0.905. The maximum absolute atomic E-state index is 12.9. The highest BCUT2D eigenvalue weighted by Gasteiger charge is 2.60. The lowest BCUT2D eigenvalue weighted by atomic mass is 10.2. The minimum atomic E-state index is -3.83. The van der Waals surface area contributed by atoms with Crippen molar-refractivity contribution in [3.05, 3.63) is 0 Å². The number of alkyl halides is 4. The number of halogens is 4. The van der Waals surface area contributed by atoms with Crippen LogP contribution in [-0.4, -0.2) is 30.6 Å². The molecule has 1 aliphatic heterocycles. The average Bonchev–Trinajstić information content (AvgIpc) is 2.37. The molecule has 0 bridgehead atoms. The highest BCUT2D eigenvalue weighted by Crippen LogP contribution is 2.41.